The third kappa shape index (κ3) is 3.79. The van der Waals surface area contributed by atoms with Gasteiger partial charge in [-0.05, 0) is 24.5 Å². The van der Waals surface area contributed by atoms with E-state index >= 15 is 0 Å². The van der Waals surface area contributed by atoms with Crippen LogP contribution in [-0.2, 0) is 6.42 Å². The maximum absolute atomic E-state index is 5.98. The Kier molecular flexibility index (Phi) is 5.57. The van der Waals surface area contributed by atoms with Gasteiger partial charge in [0.15, 0.2) is 11.5 Å². The first-order valence-corrected chi connectivity index (χ1v) is 5.88. The second-order valence-corrected chi connectivity index (χ2v) is 3.92. The largest absolute Gasteiger partial charge is 0.493 e. The summed E-state index contributed by atoms with van der Waals surface area (Å²) < 4.78 is 11.0. The Balaban J connectivity index is 2.96. The molecule has 0 aliphatic heterocycles. The van der Waals surface area contributed by atoms with E-state index in [-0.39, 0.29) is 6.04 Å². The predicted molar refractivity (Wildman–Crippen MR) is 70.7 cm³/mol. The Bertz CT molecular complexity index is 363. The maximum atomic E-state index is 5.98. The summed E-state index contributed by atoms with van der Waals surface area (Å²) in [5, 5.41) is 0. The second kappa shape index (κ2) is 6.97. The Morgan fingerprint density at radius 2 is 2.24 bits per heavy atom. The van der Waals surface area contributed by atoms with Crippen LogP contribution >= 0.6 is 0 Å². The summed E-state index contributed by atoms with van der Waals surface area (Å²) >= 11 is 0. The van der Waals surface area contributed by atoms with Crippen LogP contribution in [0.4, 0.5) is 0 Å². The number of methoxy groups -OCH3 is 1. The van der Waals surface area contributed by atoms with Gasteiger partial charge in [0.25, 0.3) is 0 Å². The van der Waals surface area contributed by atoms with Gasteiger partial charge in [0.2, 0.25) is 0 Å². The van der Waals surface area contributed by atoms with E-state index < -0.39 is 0 Å². The standard InChI is InChI=1S/C14H21NO2/c1-4-9-17-14-11(10-12(15)5-2)7-6-8-13(14)16-3/h4,6-8,12H,1,5,9-10,15H2,2-3H3. The Morgan fingerprint density at radius 3 is 2.82 bits per heavy atom. The lowest BCUT2D eigenvalue weighted by molar-refractivity contribution is 0.322. The Morgan fingerprint density at radius 1 is 1.47 bits per heavy atom. The van der Waals surface area contributed by atoms with E-state index in [1.165, 1.54) is 0 Å². The van der Waals surface area contributed by atoms with Gasteiger partial charge >= 0.3 is 0 Å². The molecule has 3 nitrogen and oxygen atoms in total. The topological polar surface area (TPSA) is 44.5 Å². The van der Waals surface area contributed by atoms with E-state index in [0.717, 1.165) is 29.9 Å². The summed E-state index contributed by atoms with van der Waals surface area (Å²) in [6.07, 6.45) is 3.45. The molecule has 0 amide bonds. The molecular weight excluding hydrogens is 214 g/mol. The number of para-hydroxylation sites is 1. The summed E-state index contributed by atoms with van der Waals surface area (Å²) in [5.74, 6) is 1.52. The van der Waals surface area contributed by atoms with E-state index in [0.29, 0.717) is 6.61 Å². The lowest BCUT2D eigenvalue weighted by Gasteiger charge is -2.16. The molecule has 1 aromatic carbocycles. The molecule has 2 N–H and O–H groups in total. The van der Waals surface area contributed by atoms with Crippen molar-refractivity contribution >= 4 is 0 Å². The molecule has 0 aromatic heterocycles. The average Bonchev–Trinajstić information content (AvgIpc) is 2.36. The van der Waals surface area contributed by atoms with Gasteiger partial charge in [0.1, 0.15) is 6.61 Å². The third-order valence-corrected chi connectivity index (χ3v) is 2.63. The monoisotopic (exact) mass is 235 g/mol. The first-order chi connectivity index (χ1) is 8.22. The molecule has 94 valence electrons. The van der Waals surface area contributed by atoms with E-state index in [9.17, 15) is 0 Å². The van der Waals surface area contributed by atoms with Crippen LogP contribution < -0.4 is 15.2 Å². The van der Waals surface area contributed by atoms with Crippen molar-refractivity contribution in [3.8, 4) is 11.5 Å². The smallest absolute Gasteiger partial charge is 0.164 e. The van der Waals surface area contributed by atoms with Crippen molar-refractivity contribution in [1.29, 1.82) is 0 Å². The fraction of sp³-hybridized carbons (Fsp3) is 0.429. The number of hydrogen-bond acceptors (Lipinski definition) is 3. The molecule has 0 saturated carbocycles. The quantitative estimate of drug-likeness (QED) is 0.739. The van der Waals surface area contributed by atoms with Crippen molar-refractivity contribution in [2.24, 2.45) is 5.73 Å². The highest BCUT2D eigenvalue weighted by molar-refractivity contribution is 5.47. The minimum absolute atomic E-state index is 0.146. The van der Waals surface area contributed by atoms with Crippen LogP contribution in [0.1, 0.15) is 18.9 Å². The van der Waals surface area contributed by atoms with Crippen LogP contribution in [-0.4, -0.2) is 19.8 Å². The maximum Gasteiger partial charge on any atom is 0.164 e. The van der Waals surface area contributed by atoms with Crippen LogP contribution in [0.15, 0.2) is 30.9 Å². The van der Waals surface area contributed by atoms with Gasteiger partial charge < -0.3 is 15.2 Å². The number of benzene rings is 1. The van der Waals surface area contributed by atoms with Gasteiger partial charge in [-0.25, -0.2) is 0 Å². The summed E-state index contributed by atoms with van der Waals surface area (Å²) in [6, 6.07) is 6.01. The van der Waals surface area contributed by atoms with Crippen LogP contribution in [0.3, 0.4) is 0 Å². The minimum Gasteiger partial charge on any atom is -0.493 e. The zero-order valence-corrected chi connectivity index (χ0v) is 10.6. The van der Waals surface area contributed by atoms with Gasteiger partial charge in [-0.3, -0.25) is 0 Å². The molecule has 1 atom stereocenters. The normalized spacial score (nSPS) is 11.9. The van der Waals surface area contributed by atoms with Crippen molar-refractivity contribution in [1.82, 2.24) is 0 Å². The molecule has 0 spiro atoms. The lowest BCUT2D eigenvalue weighted by atomic mass is 10.0. The van der Waals surface area contributed by atoms with Crippen molar-refractivity contribution in [2.45, 2.75) is 25.8 Å². The molecule has 0 aliphatic rings. The van der Waals surface area contributed by atoms with E-state index in [1.807, 2.05) is 18.2 Å². The molecule has 1 unspecified atom stereocenters. The average molecular weight is 235 g/mol. The first-order valence-electron chi connectivity index (χ1n) is 5.88. The molecule has 1 rings (SSSR count). The summed E-state index contributed by atoms with van der Waals surface area (Å²) in [5.41, 5.74) is 7.06. The molecule has 3 heteroatoms. The molecule has 0 heterocycles. The highest BCUT2D eigenvalue weighted by Crippen LogP contribution is 2.31. The van der Waals surface area contributed by atoms with Crippen molar-refractivity contribution in [3.05, 3.63) is 36.4 Å². The molecule has 0 saturated heterocycles. The van der Waals surface area contributed by atoms with Gasteiger partial charge in [0, 0.05) is 6.04 Å². The SMILES string of the molecule is C=CCOc1c(CC(N)CC)cccc1OC. The van der Waals surface area contributed by atoms with E-state index in [4.69, 9.17) is 15.2 Å². The molecule has 0 aliphatic carbocycles. The number of rotatable bonds is 7. The molecule has 17 heavy (non-hydrogen) atoms. The summed E-state index contributed by atoms with van der Waals surface area (Å²) in [6.45, 7) is 6.19. The predicted octanol–water partition coefficient (Wildman–Crippen LogP) is 2.54. The zero-order chi connectivity index (χ0) is 12.7. The van der Waals surface area contributed by atoms with Crippen molar-refractivity contribution in [3.63, 3.8) is 0 Å². The van der Waals surface area contributed by atoms with Gasteiger partial charge in [-0.2, -0.15) is 0 Å². The molecule has 1 aromatic rings. The van der Waals surface area contributed by atoms with Crippen LogP contribution in [0.2, 0.25) is 0 Å². The van der Waals surface area contributed by atoms with Crippen molar-refractivity contribution < 1.29 is 9.47 Å². The molecule has 0 radical (unpaired) electrons. The van der Waals surface area contributed by atoms with Gasteiger partial charge in [0.05, 0.1) is 7.11 Å². The Labute approximate surface area is 103 Å². The highest BCUT2D eigenvalue weighted by atomic mass is 16.5. The first kappa shape index (κ1) is 13.6. The fourth-order valence-electron chi connectivity index (χ4n) is 1.62. The highest BCUT2D eigenvalue weighted by Gasteiger charge is 2.12. The lowest BCUT2D eigenvalue weighted by Crippen LogP contribution is -2.21. The molecule has 0 bridgehead atoms. The van der Waals surface area contributed by atoms with Gasteiger partial charge in [-0.15, -0.1) is 0 Å². The zero-order valence-electron chi connectivity index (χ0n) is 10.6. The van der Waals surface area contributed by atoms with Crippen LogP contribution in [0.25, 0.3) is 0 Å². The minimum atomic E-state index is 0.146. The molecule has 0 fully saturated rings. The van der Waals surface area contributed by atoms with Crippen LogP contribution in [0.5, 0.6) is 11.5 Å². The van der Waals surface area contributed by atoms with Crippen molar-refractivity contribution in [2.75, 3.05) is 13.7 Å². The fourth-order valence-corrected chi connectivity index (χ4v) is 1.62. The van der Waals surface area contributed by atoms with Gasteiger partial charge in [-0.1, -0.05) is 31.7 Å². The number of nitrogens with two attached hydrogens (primary N) is 1. The number of ether oxygens (including phenoxy) is 2. The Hall–Kier alpha value is -1.48. The summed E-state index contributed by atoms with van der Waals surface area (Å²) in [4.78, 5) is 0. The third-order valence-electron chi connectivity index (χ3n) is 2.63. The van der Waals surface area contributed by atoms with E-state index in [1.54, 1.807) is 13.2 Å². The molecular formula is C14H21NO2. The van der Waals surface area contributed by atoms with E-state index in [2.05, 4.69) is 13.5 Å². The van der Waals surface area contributed by atoms with Crippen LogP contribution in [0, 0.1) is 0 Å². The second-order valence-electron chi connectivity index (χ2n) is 3.92. The number of hydrogen-bond donors (Lipinski definition) is 1. The summed E-state index contributed by atoms with van der Waals surface area (Å²) in [7, 11) is 1.64.